The molecular weight excluding hydrogens is 442 g/mol. The van der Waals surface area contributed by atoms with Crippen LogP contribution in [0.1, 0.15) is 34.5 Å². The van der Waals surface area contributed by atoms with Gasteiger partial charge in [-0.1, -0.05) is 24.3 Å². The van der Waals surface area contributed by atoms with E-state index in [0.29, 0.717) is 24.4 Å². The molecule has 180 valence electrons. The van der Waals surface area contributed by atoms with Gasteiger partial charge in [0.25, 0.3) is 5.91 Å². The van der Waals surface area contributed by atoms with Crippen molar-refractivity contribution in [3.05, 3.63) is 83.8 Å². The number of ether oxygens (including phenoxy) is 2. The molecule has 1 aliphatic rings. The van der Waals surface area contributed by atoms with E-state index in [4.69, 9.17) is 9.15 Å². The van der Waals surface area contributed by atoms with Gasteiger partial charge in [0.1, 0.15) is 17.3 Å². The molecule has 0 radical (unpaired) electrons. The molecule has 1 aliphatic heterocycles. The third kappa shape index (κ3) is 5.94. The van der Waals surface area contributed by atoms with Crippen molar-refractivity contribution in [3.63, 3.8) is 0 Å². The molecule has 0 saturated carbocycles. The number of para-hydroxylation sites is 1. The zero-order chi connectivity index (χ0) is 23.9. The van der Waals surface area contributed by atoms with Crippen molar-refractivity contribution < 1.29 is 27.5 Å². The largest absolute Gasteiger partial charge is 0.497 e. The van der Waals surface area contributed by atoms with Crippen molar-refractivity contribution in [2.75, 3.05) is 20.2 Å². The lowest BCUT2D eigenvalue weighted by atomic mass is 10.0. The number of halogens is 2. The van der Waals surface area contributed by atoms with Crippen LogP contribution in [0.3, 0.4) is 0 Å². The molecule has 0 atom stereocenters. The molecule has 4 rings (SSSR count). The highest BCUT2D eigenvalue weighted by atomic mass is 19.3. The van der Waals surface area contributed by atoms with E-state index >= 15 is 0 Å². The van der Waals surface area contributed by atoms with Gasteiger partial charge in [-0.25, -0.2) is 0 Å². The Kier molecular flexibility index (Phi) is 7.80. The van der Waals surface area contributed by atoms with Gasteiger partial charge in [-0.3, -0.25) is 9.69 Å². The predicted octanol–water partition coefficient (Wildman–Crippen LogP) is 5.20. The molecule has 0 bridgehead atoms. The molecule has 1 aromatic heterocycles. The number of carbonyl (C=O) groups excluding carboxylic acids is 1. The molecule has 1 saturated heterocycles. The Hall–Kier alpha value is -3.39. The summed E-state index contributed by atoms with van der Waals surface area (Å²) in [6.07, 6.45) is 3.12. The summed E-state index contributed by atoms with van der Waals surface area (Å²) in [5.74, 6) is 1.47. The topological polar surface area (TPSA) is 55.2 Å². The van der Waals surface area contributed by atoms with Gasteiger partial charge >= 0.3 is 6.61 Å². The second-order valence-electron chi connectivity index (χ2n) is 8.24. The van der Waals surface area contributed by atoms with Crippen LogP contribution >= 0.6 is 0 Å². The maximum Gasteiger partial charge on any atom is 0.387 e. The monoisotopic (exact) mass is 470 g/mol. The van der Waals surface area contributed by atoms with Gasteiger partial charge in [-0.15, -0.1) is 0 Å². The minimum atomic E-state index is -2.86. The summed E-state index contributed by atoms with van der Waals surface area (Å²) in [5.41, 5.74) is 1.28. The van der Waals surface area contributed by atoms with Crippen molar-refractivity contribution in [2.45, 2.75) is 38.6 Å². The smallest absolute Gasteiger partial charge is 0.387 e. The molecule has 1 fully saturated rings. The molecule has 2 aromatic carbocycles. The number of hydrogen-bond donors (Lipinski definition) is 0. The summed E-state index contributed by atoms with van der Waals surface area (Å²) in [4.78, 5) is 17.5. The van der Waals surface area contributed by atoms with Crippen LogP contribution < -0.4 is 9.47 Å². The Balaban J connectivity index is 1.45. The third-order valence-electron chi connectivity index (χ3n) is 6.06. The van der Waals surface area contributed by atoms with E-state index in [0.717, 1.165) is 37.3 Å². The molecule has 0 aliphatic carbocycles. The zero-order valence-corrected chi connectivity index (χ0v) is 19.0. The van der Waals surface area contributed by atoms with Gasteiger partial charge in [-0.05, 0) is 49.2 Å². The molecule has 0 N–H and O–H groups in total. The summed E-state index contributed by atoms with van der Waals surface area (Å²) in [6.45, 7) is -0.512. The van der Waals surface area contributed by atoms with Crippen LogP contribution in [0, 0.1) is 0 Å². The summed E-state index contributed by atoms with van der Waals surface area (Å²) >= 11 is 0. The lowest BCUT2D eigenvalue weighted by molar-refractivity contribution is -0.0508. The average molecular weight is 471 g/mol. The zero-order valence-electron chi connectivity index (χ0n) is 19.0. The van der Waals surface area contributed by atoms with E-state index in [1.165, 1.54) is 0 Å². The average Bonchev–Trinajstić information content (AvgIpc) is 3.37. The fourth-order valence-electron chi connectivity index (χ4n) is 4.33. The van der Waals surface area contributed by atoms with E-state index in [1.807, 2.05) is 29.2 Å². The minimum Gasteiger partial charge on any atom is -0.497 e. The Labute approximate surface area is 197 Å². The van der Waals surface area contributed by atoms with Crippen LogP contribution in [0.5, 0.6) is 11.5 Å². The number of furan rings is 1. The molecule has 0 unspecified atom stereocenters. The Morgan fingerprint density at radius 3 is 2.62 bits per heavy atom. The predicted molar refractivity (Wildman–Crippen MR) is 123 cm³/mol. The fourth-order valence-corrected chi connectivity index (χ4v) is 4.33. The van der Waals surface area contributed by atoms with Crippen molar-refractivity contribution in [1.82, 2.24) is 9.80 Å². The van der Waals surface area contributed by atoms with Crippen molar-refractivity contribution in [3.8, 4) is 11.5 Å². The Morgan fingerprint density at radius 2 is 1.91 bits per heavy atom. The molecule has 8 heteroatoms. The lowest BCUT2D eigenvalue weighted by Gasteiger charge is -2.38. The highest BCUT2D eigenvalue weighted by Gasteiger charge is 2.30. The number of alkyl halides is 2. The summed E-state index contributed by atoms with van der Waals surface area (Å²) in [7, 11) is 1.57. The summed E-state index contributed by atoms with van der Waals surface area (Å²) < 4.78 is 41.0. The SMILES string of the molecule is COc1cccc(C(=O)N(Cc2ccco2)C2CCN(Cc3ccccc3OC(F)F)CC2)c1. The molecule has 0 spiro atoms. The second kappa shape index (κ2) is 11.2. The minimum absolute atomic E-state index is 0.0209. The lowest BCUT2D eigenvalue weighted by Crippen LogP contribution is -2.46. The maximum atomic E-state index is 13.5. The van der Waals surface area contributed by atoms with Gasteiger partial charge in [0.2, 0.25) is 0 Å². The first-order chi connectivity index (χ1) is 16.5. The maximum absolute atomic E-state index is 13.5. The quantitative estimate of drug-likeness (QED) is 0.431. The van der Waals surface area contributed by atoms with E-state index in [2.05, 4.69) is 9.64 Å². The van der Waals surface area contributed by atoms with Gasteiger partial charge in [-0.2, -0.15) is 8.78 Å². The Bertz CT molecular complexity index is 1070. The van der Waals surface area contributed by atoms with Crippen LogP contribution in [0.2, 0.25) is 0 Å². The highest BCUT2D eigenvalue weighted by molar-refractivity contribution is 5.94. The van der Waals surface area contributed by atoms with Crippen molar-refractivity contribution in [1.29, 1.82) is 0 Å². The van der Waals surface area contributed by atoms with E-state index in [-0.39, 0.29) is 17.7 Å². The van der Waals surface area contributed by atoms with E-state index < -0.39 is 6.61 Å². The van der Waals surface area contributed by atoms with Gasteiger partial charge < -0.3 is 18.8 Å². The molecular formula is C26H28F2N2O4. The van der Waals surface area contributed by atoms with Gasteiger partial charge in [0.05, 0.1) is 19.9 Å². The number of methoxy groups -OCH3 is 1. The molecule has 3 aromatic rings. The van der Waals surface area contributed by atoms with Crippen LogP contribution in [0.15, 0.2) is 71.3 Å². The number of carbonyl (C=O) groups is 1. The van der Waals surface area contributed by atoms with Crippen LogP contribution in [0.4, 0.5) is 8.78 Å². The second-order valence-corrected chi connectivity index (χ2v) is 8.24. The van der Waals surface area contributed by atoms with Gasteiger partial charge in [0.15, 0.2) is 0 Å². The number of likely N-dealkylation sites (tertiary alicyclic amines) is 1. The van der Waals surface area contributed by atoms with E-state index in [9.17, 15) is 13.6 Å². The number of piperidine rings is 1. The first-order valence-corrected chi connectivity index (χ1v) is 11.3. The summed E-state index contributed by atoms with van der Waals surface area (Å²) in [6, 6.07) is 17.7. The highest BCUT2D eigenvalue weighted by Crippen LogP contribution is 2.27. The number of hydrogen-bond acceptors (Lipinski definition) is 5. The Morgan fingerprint density at radius 1 is 1.12 bits per heavy atom. The molecule has 1 amide bonds. The number of benzene rings is 2. The molecule has 6 nitrogen and oxygen atoms in total. The van der Waals surface area contributed by atoms with Crippen LogP contribution in [-0.2, 0) is 13.1 Å². The number of nitrogens with zero attached hydrogens (tertiary/aromatic N) is 2. The van der Waals surface area contributed by atoms with E-state index in [1.54, 1.807) is 49.8 Å². The summed E-state index contributed by atoms with van der Waals surface area (Å²) in [5, 5.41) is 0. The third-order valence-corrected chi connectivity index (χ3v) is 6.06. The number of rotatable bonds is 9. The van der Waals surface area contributed by atoms with Crippen molar-refractivity contribution in [2.24, 2.45) is 0 Å². The van der Waals surface area contributed by atoms with Crippen molar-refractivity contribution >= 4 is 5.91 Å². The normalized spacial score (nSPS) is 14.8. The fraction of sp³-hybridized carbons (Fsp3) is 0.346. The molecule has 2 heterocycles. The van der Waals surface area contributed by atoms with Crippen LogP contribution in [0.25, 0.3) is 0 Å². The number of amides is 1. The standard InChI is InChI=1S/C26H28F2N2O4/c1-32-22-8-4-7-19(16-22)25(31)30(18-23-9-5-15-33-23)21-11-13-29(14-12-21)17-20-6-2-3-10-24(20)34-26(27)28/h2-10,15-16,21,26H,11-14,17-18H2,1H3. The first-order valence-electron chi connectivity index (χ1n) is 11.3. The molecule has 34 heavy (non-hydrogen) atoms. The van der Waals surface area contributed by atoms with Gasteiger partial charge in [0, 0.05) is 36.8 Å². The van der Waals surface area contributed by atoms with Crippen LogP contribution in [-0.4, -0.2) is 48.6 Å². The first kappa shape index (κ1) is 23.8.